The van der Waals surface area contributed by atoms with E-state index in [1.54, 1.807) is 13.8 Å². The van der Waals surface area contributed by atoms with Gasteiger partial charge in [0.05, 0.1) is 14.2 Å². The van der Waals surface area contributed by atoms with Crippen LogP contribution in [0, 0.1) is 5.92 Å². The molecule has 0 fully saturated rings. The Balaban J connectivity index is 3.12. The summed E-state index contributed by atoms with van der Waals surface area (Å²) in [6.45, 7) is 3.33. The Hall–Kier alpha value is -2.02. The van der Waals surface area contributed by atoms with Crippen LogP contribution in [0.5, 0.6) is 0 Å². The fraction of sp³-hybridized carbons (Fsp3) is 0.438. The van der Waals surface area contributed by atoms with Gasteiger partial charge in [-0.1, -0.05) is 32.0 Å². The van der Waals surface area contributed by atoms with Crippen molar-refractivity contribution in [3.8, 4) is 0 Å². The van der Waals surface area contributed by atoms with Crippen LogP contribution >= 0.6 is 11.8 Å². The molecule has 0 aliphatic rings. The summed E-state index contributed by atoms with van der Waals surface area (Å²) in [5.74, 6) is -2.59. The summed E-state index contributed by atoms with van der Waals surface area (Å²) < 4.78 is 9.48. The molecule has 126 valence electrons. The van der Waals surface area contributed by atoms with Crippen molar-refractivity contribution < 1.29 is 23.9 Å². The molecule has 0 saturated carbocycles. The Morgan fingerprint density at radius 1 is 1.09 bits per heavy atom. The predicted octanol–water partition coefficient (Wildman–Crippen LogP) is 1.64. The van der Waals surface area contributed by atoms with E-state index >= 15 is 0 Å². The zero-order valence-corrected chi connectivity index (χ0v) is 14.4. The third kappa shape index (κ3) is 4.72. The van der Waals surface area contributed by atoms with Crippen molar-refractivity contribution in [3.05, 3.63) is 30.3 Å². The van der Waals surface area contributed by atoms with Crippen LogP contribution in [-0.4, -0.2) is 43.4 Å². The number of benzene rings is 1. The van der Waals surface area contributed by atoms with Gasteiger partial charge in [0, 0.05) is 16.6 Å². The minimum absolute atomic E-state index is 0.0329. The highest BCUT2D eigenvalue weighted by Gasteiger charge is 2.50. The summed E-state index contributed by atoms with van der Waals surface area (Å²) in [6.07, 6.45) is 0. The van der Waals surface area contributed by atoms with E-state index in [4.69, 9.17) is 9.47 Å². The normalized spacial score (nSPS) is 11.0. The fourth-order valence-electron chi connectivity index (χ4n) is 1.75. The van der Waals surface area contributed by atoms with Crippen LogP contribution in [0.3, 0.4) is 0 Å². The average molecular weight is 339 g/mol. The smallest absolute Gasteiger partial charge is 0.344 e. The van der Waals surface area contributed by atoms with Crippen LogP contribution in [-0.2, 0) is 23.9 Å². The van der Waals surface area contributed by atoms with Crippen molar-refractivity contribution in [3.63, 3.8) is 0 Å². The zero-order valence-electron chi connectivity index (χ0n) is 13.6. The monoisotopic (exact) mass is 339 g/mol. The molecule has 0 radical (unpaired) electrons. The van der Waals surface area contributed by atoms with Gasteiger partial charge in [-0.3, -0.25) is 4.79 Å². The summed E-state index contributed by atoms with van der Waals surface area (Å²) in [5.41, 5.74) is -1.88. The van der Waals surface area contributed by atoms with Crippen LogP contribution in [0.25, 0.3) is 0 Å². The van der Waals surface area contributed by atoms with Crippen LogP contribution < -0.4 is 5.32 Å². The topological polar surface area (TPSA) is 81.7 Å². The number of hydrogen-bond acceptors (Lipinski definition) is 6. The highest BCUT2D eigenvalue weighted by atomic mass is 32.2. The van der Waals surface area contributed by atoms with E-state index in [1.165, 1.54) is 11.8 Å². The zero-order chi connectivity index (χ0) is 17.5. The molecule has 1 N–H and O–H groups in total. The number of hydrogen-bond donors (Lipinski definition) is 1. The van der Waals surface area contributed by atoms with Gasteiger partial charge in [0.1, 0.15) is 0 Å². The molecular formula is C16H21NO5S. The molecular weight excluding hydrogens is 318 g/mol. The van der Waals surface area contributed by atoms with Crippen molar-refractivity contribution in [2.24, 2.45) is 5.92 Å². The molecule has 1 aromatic carbocycles. The Bertz CT molecular complexity index is 543. The predicted molar refractivity (Wildman–Crippen MR) is 86.9 cm³/mol. The number of carbonyl (C=O) groups is 3. The highest BCUT2D eigenvalue weighted by Crippen LogP contribution is 2.25. The Morgan fingerprint density at radius 2 is 1.61 bits per heavy atom. The van der Waals surface area contributed by atoms with Gasteiger partial charge in [-0.2, -0.15) is 0 Å². The number of thioether (sulfide) groups is 1. The molecule has 0 bridgehead atoms. The average Bonchev–Trinajstić information content (AvgIpc) is 2.57. The lowest BCUT2D eigenvalue weighted by atomic mass is 10.0. The molecule has 0 atom stereocenters. The van der Waals surface area contributed by atoms with Crippen LogP contribution in [0.2, 0.25) is 0 Å². The standard InChI is InChI=1S/C16H21NO5S/c1-11(2)13(18)17-16(14(19)21-3,15(20)22-4)10-23-12-8-6-5-7-9-12/h5-9,11H,10H2,1-4H3,(H,17,18). The highest BCUT2D eigenvalue weighted by molar-refractivity contribution is 7.99. The Labute approximate surface area is 139 Å². The van der Waals surface area contributed by atoms with Crippen molar-refractivity contribution in [2.75, 3.05) is 20.0 Å². The molecule has 6 nitrogen and oxygen atoms in total. The minimum atomic E-state index is -1.88. The molecule has 0 unspecified atom stereocenters. The molecule has 1 amide bonds. The molecule has 1 aromatic rings. The Kier molecular flexibility index (Phi) is 7.09. The van der Waals surface area contributed by atoms with Crippen molar-refractivity contribution in [2.45, 2.75) is 24.3 Å². The van der Waals surface area contributed by atoms with Gasteiger partial charge >= 0.3 is 11.9 Å². The maximum atomic E-state index is 12.3. The van der Waals surface area contributed by atoms with Gasteiger partial charge in [-0.15, -0.1) is 11.8 Å². The number of ether oxygens (including phenoxy) is 2. The summed E-state index contributed by atoms with van der Waals surface area (Å²) in [6, 6.07) is 9.22. The van der Waals surface area contributed by atoms with Crippen molar-refractivity contribution >= 4 is 29.6 Å². The second-order valence-electron chi connectivity index (χ2n) is 5.13. The van der Waals surface area contributed by atoms with Crippen molar-refractivity contribution in [1.29, 1.82) is 0 Å². The van der Waals surface area contributed by atoms with E-state index in [1.807, 2.05) is 30.3 Å². The quantitative estimate of drug-likeness (QED) is 0.462. The summed E-state index contributed by atoms with van der Waals surface area (Å²) in [7, 11) is 2.32. The molecule has 0 spiro atoms. The summed E-state index contributed by atoms with van der Waals surface area (Å²) in [4.78, 5) is 37.5. The largest absolute Gasteiger partial charge is 0.467 e. The molecule has 1 rings (SSSR count). The first-order valence-electron chi connectivity index (χ1n) is 7.04. The molecule has 0 saturated heterocycles. The molecule has 0 aliphatic carbocycles. The summed E-state index contributed by atoms with van der Waals surface area (Å²) in [5, 5.41) is 2.49. The van der Waals surface area contributed by atoms with Crippen LogP contribution in [0.15, 0.2) is 35.2 Å². The first-order chi connectivity index (χ1) is 10.9. The number of amides is 1. The number of carbonyl (C=O) groups excluding carboxylic acids is 3. The van der Waals surface area contributed by atoms with Crippen molar-refractivity contribution in [1.82, 2.24) is 5.32 Å². The van der Waals surface area contributed by atoms with Gasteiger partial charge < -0.3 is 14.8 Å². The van der Waals surface area contributed by atoms with E-state index < -0.39 is 29.3 Å². The maximum absolute atomic E-state index is 12.3. The van der Waals surface area contributed by atoms with Crippen LogP contribution in [0.1, 0.15) is 13.8 Å². The third-order valence-electron chi connectivity index (χ3n) is 3.13. The number of esters is 2. The fourth-order valence-corrected chi connectivity index (χ4v) is 2.79. The Morgan fingerprint density at radius 3 is 2.04 bits per heavy atom. The number of methoxy groups -OCH3 is 2. The first kappa shape index (κ1) is 19.0. The van der Waals surface area contributed by atoms with Gasteiger partial charge in [0.25, 0.3) is 0 Å². The second kappa shape index (κ2) is 8.57. The lowest BCUT2D eigenvalue weighted by Gasteiger charge is -2.29. The van der Waals surface area contributed by atoms with Crippen LogP contribution in [0.4, 0.5) is 0 Å². The minimum Gasteiger partial charge on any atom is -0.467 e. The SMILES string of the molecule is COC(=O)C(CSc1ccccc1)(NC(=O)C(C)C)C(=O)OC. The van der Waals surface area contributed by atoms with Gasteiger partial charge in [-0.05, 0) is 12.1 Å². The first-order valence-corrected chi connectivity index (χ1v) is 8.02. The molecule has 0 aromatic heterocycles. The van der Waals surface area contributed by atoms with E-state index in [9.17, 15) is 14.4 Å². The molecule has 0 aliphatic heterocycles. The molecule has 0 heterocycles. The number of nitrogens with one attached hydrogen (secondary N) is 1. The third-order valence-corrected chi connectivity index (χ3v) is 4.31. The van der Waals surface area contributed by atoms with E-state index in [-0.39, 0.29) is 5.75 Å². The lowest BCUT2D eigenvalue weighted by Crippen LogP contribution is -2.63. The lowest BCUT2D eigenvalue weighted by molar-refractivity contribution is -0.164. The maximum Gasteiger partial charge on any atom is 0.344 e. The van der Waals surface area contributed by atoms with E-state index in [0.717, 1.165) is 19.1 Å². The van der Waals surface area contributed by atoms with E-state index in [2.05, 4.69) is 5.32 Å². The summed E-state index contributed by atoms with van der Waals surface area (Å²) >= 11 is 1.25. The van der Waals surface area contributed by atoms with Gasteiger partial charge in [0.15, 0.2) is 0 Å². The molecule has 23 heavy (non-hydrogen) atoms. The second-order valence-corrected chi connectivity index (χ2v) is 6.18. The number of rotatable bonds is 7. The van der Waals surface area contributed by atoms with Gasteiger partial charge in [0.2, 0.25) is 11.4 Å². The van der Waals surface area contributed by atoms with E-state index in [0.29, 0.717) is 0 Å². The molecule has 7 heteroatoms. The van der Waals surface area contributed by atoms with Gasteiger partial charge in [-0.25, -0.2) is 9.59 Å².